The van der Waals surface area contributed by atoms with Crippen LogP contribution in [-0.4, -0.2) is 48.1 Å². The van der Waals surface area contributed by atoms with Gasteiger partial charge in [-0.15, -0.1) is 0 Å². The summed E-state index contributed by atoms with van der Waals surface area (Å²) in [5, 5.41) is 11.6. The van der Waals surface area contributed by atoms with E-state index in [0.29, 0.717) is 22.3 Å². The van der Waals surface area contributed by atoms with Gasteiger partial charge in [-0.2, -0.15) is 13.2 Å². The summed E-state index contributed by atoms with van der Waals surface area (Å²) in [5.41, 5.74) is -3.02. The molecule has 0 aliphatic carbocycles. The Kier molecular flexibility index (Phi) is 6.16. The van der Waals surface area contributed by atoms with E-state index in [1.165, 1.54) is 19.2 Å². The third kappa shape index (κ3) is 4.67. The van der Waals surface area contributed by atoms with Gasteiger partial charge >= 0.3 is 6.18 Å². The average molecular weight is 453 g/mol. The smallest absolute Gasteiger partial charge is 0.417 e. The predicted octanol–water partition coefficient (Wildman–Crippen LogP) is 4.98. The van der Waals surface area contributed by atoms with Crippen molar-refractivity contribution in [2.75, 3.05) is 26.1 Å². The zero-order chi connectivity index (χ0) is 23.9. The molecule has 1 unspecified atom stereocenters. The fraction of sp³-hybridized carbons (Fsp3) is 0.435. The van der Waals surface area contributed by atoms with Crippen LogP contribution in [0.5, 0.6) is 5.75 Å². The molecule has 1 aromatic carbocycles. The van der Waals surface area contributed by atoms with E-state index in [1.807, 2.05) is 14.1 Å². The van der Waals surface area contributed by atoms with Gasteiger partial charge in [0.15, 0.2) is 5.60 Å². The van der Waals surface area contributed by atoms with E-state index in [9.17, 15) is 22.7 Å². The molecule has 5 nitrogen and oxygen atoms in total. The highest BCUT2D eigenvalue weighted by atomic mass is 19.4. The molecule has 3 rings (SSSR count). The number of nitrogens with zero attached hydrogens (tertiary/aromatic N) is 2. The number of methoxy groups -OCH3 is 1. The Morgan fingerprint density at radius 2 is 1.81 bits per heavy atom. The lowest BCUT2D eigenvalue weighted by Crippen LogP contribution is -2.51. The number of aromatic nitrogens is 2. The number of aromatic amines is 1. The summed E-state index contributed by atoms with van der Waals surface area (Å²) >= 11 is 0. The number of pyridine rings is 1. The number of aliphatic hydroxyl groups is 1. The first-order chi connectivity index (χ1) is 14.8. The molecule has 0 saturated carbocycles. The van der Waals surface area contributed by atoms with Crippen molar-refractivity contribution < 1.29 is 27.4 Å². The van der Waals surface area contributed by atoms with Crippen molar-refractivity contribution in [1.82, 2.24) is 9.97 Å². The molecule has 0 saturated heterocycles. The summed E-state index contributed by atoms with van der Waals surface area (Å²) < 4.78 is 61.2. The van der Waals surface area contributed by atoms with Crippen molar-refractivity contribution >= 4 is 16.7 Å². The van der Waals surface area contributed by atoms with E-state index >= 15 is 0 Å². The molecule has 2 N–H and O–H groups in total. The van der Waals surface area contributed by atoms with Gasteiger partial charge in [-0.25, -0.2) is 9.37 Å². The monoisotopic (exact) mass is 453 g/mol. The maximum absolute atomic E-state index is 14.1. The number of alkyl halides is 3. The first kappa shape index (κ1) is 23.8. The fourth-order valence-electron chi connectivity index (χ4n) is 4.05. The van der Waals surface area contributed by atoms with Gasteiger partial charge in [0, 0.05) is 43.2 Å². The molecule has 2 heterocycles. The highest BCUT2D eigenvalue weighted by Crippen LogP contribution is 2.45. The number of H-pyrrole nitrogens is 1. The van der Waals surface area contributed by atoms with Crippen molar-refractivity contribution in [3.05, 3.63) is 53.6 Å². The standard InChI is InChI=1S/C23H27F4N3O2/c1-21(2,17-7-6-15(24)10-19(17)32-5)13-22(31,23(25,26)27)11-16-8-14-9-20(30(3)4)28-12-18(14)29-16/h6-10,12,29,31H,11,13H2,1-5H3. The minimum Gasteiger partial charge on any atom is -0.496 e. The molecule has 0 aliphatic heterocycles. The molecule has 0 spiro atoms. The fourth-order valence-corrected chi connectivity index (χ4v) is 4.05. The maximum atomic E-state index is 14.1. The minimum absolute atomic E-state index is 0.132. The zero-order valence-electron chi connectivity index (χ0n) is 18.6. The molecule has 0 radical (unpaired) electrons. The quantitative estimate of drug-likeness (QED) is 0.496. The molecular formula is C23H27F4N3O2. The summed E-state index contributed by atoms with van der Waals surface area (Å²) in [6.45, 7) is 3.13. The molecule has 0 aliphatic rings. The number of anilines is 1. The zero-order valence-corrected chi connectivity index (χ0v) is 18.6. The largest absolute Gasteiger partial charge is 0.496 e. The van der Waals surface area contributed by atoms with E-state index in [1.54, 1.807) is 37.1 Å². The SMILES string of the molecule is COc1cc(F)ccc1C(C)(C)CC(O)(Cc1cc2cc(N(C)C)ncc2[nH]1)C(F)(F)F. The first-order valence-corrected chi connectivity index (χ1v) is 10.0. The number of hydrogen-bond donors (Lipinski definition) is 2. The second-order valence-corrected chi connectivity index (χ2v) is 8.93. The van der Waals surface area contributed by atoms with Crippen LogP contribution in [0, 0.1) is 5.82 Å². The minimum atomic E-state index is -4.90. The summed E-state index contributed by atoms with van der Waals surface area (Å²) in [4.78, 5) is 8.97. The normalized spacial score (nSPS) is 14.4. The molecule has 3 aromatic rings. The van der Waals surface area contributed by atoms with E-state index in [-0.39, 0.29) is 11.4 Å². The molecule has 1 atom stereocenters. The number of ether oxygens (including phenoxy) is 1. The lowest BCUT2D eigenvalue weighted by atomic mass is 9.73. The Bertz CT molecular complexity index is 1110. The van der Waals surface area contributed by atoms with Gasteiger partial charge in [-0.05, 0) is 30.0 Å². The topological polar surface area (TPSA) is 61.4 Å². The lowest BCUT2D eigenvalue weighted by molar-refractivity contribution is -0.266. The van der Waals surface area contributed by atoms with Crippen LogP contribution in [0.1, 0.15) is 31.5 Å². The molecular weight excluding hydrogens is 426 g/mol. The Labute approximate surface area is 184 Å². The number of benzene rings is 1. The number of halogens is 4. The van der Waals surface area contributed by atoms with Gasteiger partial charge < -0.3 is 19.7 Å². The molecule has 0 fully saturated rings. The van der Waals surface area contributed by atoms with Gasteiger partial charge in [0.1, 0.15) is 17.4 Å². The third-order valence-electron chi connectivity index (χ3n) is 5.64. The van der Waals surface area contributed by atoms with E-state index in [0.717, 1.165) is 6.07 Å². The van der Waals surface area contributed by atoms with Gasteiger partial charge in [0.05, 0.1) is 18.8 Å². The van der Waals surface area contributed by atoms with E-state index < -0.39 is 35.9 Å². The van der Waals surface area contributed by atoms with Crippen molar-refractivity contribution in [2.45, 2.75) is 43.9 Å². The highest BCUT2D eigenvalue weighted by molar-refractivity contribution is 5.82. The van der Waals surface area contributed by atoms with Crippen LogP contribution in [0.15, 0.2) is 36.5 Å². The number of nitrogens with one attached hydrogen (secondary N) is 1. The van der Waals surface area contributed by atoms with Crippen LogP contribution < -0.4 is 9.64 Å². The van der Waals surface area contributed by atoms with Crippen molar-refractivity contribution in [3.8, 4) is 5.75 Å². The van der Waals surface area contributed by atoms with Crippen LogP contribution in [0.4, 0.5) is 23.4 Å². The summed E-state index contributed by atoms with van der Waals surface area (Å²) in [5.74, 6) is 0.238. The van der Waals surface area contributed by atoms with Gasteiger partial charge in [-0.1, -0.05) is 19.9 Å². The first-order valence-electron chi connectivity index (χ1n) is 10.0. The van der Waals surface area contributed by atoms with Crippen LogP contribution in [-0.2, 0) is 11.8 Å². The van der Waals surface area contributed by atoms with Gasteiger partial charge in [-0.3, -0.25) is 0 Å². The Balaban J connectivity index is 1.97. The second kappa shape index (κ2) is 8.27. The average Bonchev–Trinajstić information content (AvgIpc) is 3.07. The molecule has 2 aromatic heterocycles. The summed E-state index contributed by atoms with van der Waals surface area (Å²) in [6, 6.07) is 7.03. The van der Waals surface area contributed by atoms with E-state index in [4.69, 9.17) is 4.74 Å². The number of rotatable bonds is 7. The molecule has 174 valence electrons. The van der Waals surface area contributed by atoms with Crippen LogP contribution in [0.3, 0.4) is 0 Å². The van der Waals surface area contributed by atoms with Crippen molar-refractivity contribution in [2.24, 2.45) is 0 Å². The summed E-state index contributed by atoms with van der Waals surface area (Å²) in [6.07, 6.45) is -4.67. The number of fused-ring (bicyclic) bond motifs is 1. The Morgan fingerprint density at radius 3 is 2.41 bits per heavy atom. The molecule has 9 heteroatoms. The molecule has 32 heavy (non-hydrogen) atoms. The molecule has 0 bridgehead atoms. The van der Waals surface area contributed by atoms with Crippen molar-refractivity contribution in [3.63, 3.8) is 0 Å². The van der Waals surface area contributed by atoms with Crippen LogP contribution in [0.2, 0.25) is 0 Å². The maximum Gasteiger partial charge on any atom is 0.417 e. The predicted molar refractivity (Wildman–Crippen MR) is 116 cm³/mol. The summed E-state index contributed by atoms with van der Waals surface area (Å²) in [7, 11) is 4.96. The molecule has 0 amide bonds. The van der Waals surface area contributed by atoms with Crippen LogP contribution >= 0.6 is 0 Å². The van der Waals surface area contributed by atoms with Gasteiger partial charge in [0.25, 0.3) is 0 Å². The number of hydrogen-bond acceptors (Lipinski definition) is 4. The Morgan fingerprint density at radius 1 is 1.12 bits per heavy atom. The Hall–Kier alpha value is -2.81. The third-order valence-corrected chi connectivity index (χ3v) is 5.64. The highest BCUT2D eigenvalue weighted by Gasteiger charge is 2.56. The van der Waals surface area contributed by atoms with Crippen LogP contribution in [0.25, 0.3) is 10.9 Å². The lowest BCUT2D eigenvalue weighted by Gasteiger charge is -2.38. The van der Waals surface area contributed by atoms with E-state index in [2.05, 4.69) is 9.97 Å². The van der Waals surface area contributed by atoms with Gasteiger partial charge in [0.2, 0.25) is 0 Å². The van der Waals surface area contributed by atoms with Crippen molar-refractivity contribution in [1.29, 1.82) is 0 Å². The second-order valence-electron chi connectivity index (χ2n) is 8.93.